The average molecular weight is 251 g/mol. The van der Waals surface area contributed by atoms with Crippen molar-refractivity contribution >= 4 is 22.5 Å². The molecule has 0 N–H and O–H groups in total. The van der Waals surface area contributed by atoms with E-state index in [1.165, 1.54) is 0 Å². The molecule has 2 rings (SSSR count). The van der Waals surface area contributed by atoms with E-state index in [0.717, 1.165) is 6.07 Å². The quantitative estimate of drug-likeness (QED) is 0.572. The SMILES string of the molecule is Fc1cc2nc(C(F)F)nc(Cl)c2cc1F. The highest BCUT2D eigenvalue weighted by Gasteiger charge is 2.16. The Morgan fingerprint density at radius 2 is 1.69 bits per heavy atom. The smallest absolute Gasteiger partial charge is 0.227 e. The van der Waals surface area contributed by atoms with Crippen molar-refractivity contribution in [2.24, 2.45) is 0 Å². The van der Waals surface area contributed by atoms with E-state index in [9.17, 15) is 17.6 Å². The molecule has 2 aromatic rings. The van der Waals surface area contributed by atoms with Gasteiger partial charge in [0.1, 0.15) is 5.15 Å². The molecule has 84 valence electrons. The van der Waals surface area contributed by atoms with Crippen LogP contribution in [0.5, 0.6) is 0 Å². The monoisotopic (exact) mass is 250 g/mol. The molecule has 7 heteroatoms. The molecule has 0 unspecified atom stereocenters. The predicted octanol–water partition coefficient (Wildman–Crippen LogP) is 3.50. The summed E-state index contributed by atoms with van der Waals surface area (Å²) in [4.78, 5) is 6.67. The first-order valence-corrected chi connectivity index (χ1v) is 4.47. The summed E-state index contributed by atoms with van der Waals surface area (Å²) < 4.78 is 50.3. The summed E-state index contributed by atoms with van der Waals surface area (Å²) in [7, 11) is 0. The summed E-state index contributed by atoms with van der Waals surface area (Å²) in [6.07, 6.45) is -2.92. The highest BCUT2D eigenvalue weighted by atomic mass is 35.5. The van der Waals surface area contributed by atoms with Gasteiger partial charge in [-0.2, -0.15) is 0 Å². The molecule has 0 aliphatic carbocycles. The lowest BCUT2D eigenvalue weighted by Crippen LogP contribution is -1.98. The first-order valence-electron chi connectivity index (χ1n) is 4.09. The van der Waals surface area contributed by atoms with Crippen LogP contribution >= 0.6 is 11.6 Å². The van der Waals surface area contributed by atoms with Crippen molar-refractivity contribution in [1.29, 1.82) is 0 Å². The minimum absolute atomic E-state index is 0.00929. The lowest BCUT2D eigenvalue weighted by molar-refractivity contribution is 0.141. The van der Waals surface area contributed by atoms with Gasteiger partial charge in [-0.3, -0.25) is 0 Å². The molecule has 0 aliphatic heterocycles. The van der Waals surface area contributed by atoms with Crippen LogP contribution in [0.3, 0.4) is 0 Å². The second-order valence-electron chi connectivity index (χ2n) is 2.96. The number of benzene rings is 1. The van der Waals surface area contributed by atoms with Gasteiger partial charge in [0, 0.05) is 11.5 Å². The molecular formula is C9H3ClF4N2. The zero-order chi connectivity index (χ0) is 11.9. The Hall–Kier alpha value is -1.43. The van der Waals surface area contributed by atoms with Crippen molar-refractivity contribution in [2.45, 2.75) is 6.43 Å². The van der Waals surface area contributed by atoms with Gasteiger partial charge >= 0.3 is 0 Å². The minimum atomic E-state index is -2.92. The minimum Gasteiger partial charge on any atom is -0.227 e. The molecule has 0 aliphatic rings. The normalized spacial score (nSPS) is 11.4. The largest absolute Gasteiger partial charge is 0.297 e. The molecule has 0 atom stereocenters. The summed E-state index contributed by atoms with van der Waals surface area (Å²) in [5.74, 6) is -3.13. The van der Waals surface area contributed by atoms with Crippen LogP contribution in [-0.4, -0.2) is 9.97 Å². The lowest BCUT2D eigenvalue weighted by Gasteiger charge is -2.04. The van der Waals surface area contributed by atoms with E-state index in [1.54, 1.807) is 0 Å². The molecule has 0 spiro atoms. The van der Waals surface area contributed by atoms with Gasteiger partial charge in [-0.25, -0.2) is 27.5 Å². The molecule has 1 aromatic heterocycles. The van der Waals surface area contributed by atoms with E-state index >= 15 is 0 Å². The number of hydrogen-bond donors (Lipinski definition) is 0. The standard InChI is InChI=1S/C9H3ClF4N2/c10-7-3-1-4(11)5(12)2-6(3)15-9(16-7)8(13)14/h1-2,8H. The second-order valence-corrected chi connectivity index (χ2v) is 3.31. The van der Waals surface area contributed by atoms with E-state index in [4.69, 9.17) is 11.6 Å². The van der Waals surface area contributed by atoms with E-state index in [0.29, 0.717) is 6.07 Å². The average Bonchev–Trinajstić information content (AvgIpc) is 2.20. The highest BCUT2D eigenvalue weighted by Crippen LogP contribution is 2.26. The Bertz CT molecular complexity index is 559. The molecule has 0 radical (unpaired) electrons. The third-order valence-electron chi connectivity index (χ3n) is 1.90. The maximum absolute atomic E-state index is 12.9. The summed E-state index contributed by atoms with van der Waals surface area (Å²) in [5.41, 5.74) is -0.158. The Labute approximate surface area is 91.9 Å². The van der Waals surface area contributed by atoms with Crippen LogP contribution in [-0.2, 0) is 0 Å². The fourth-order valence-corrected chi connectivity index (χ4v) is 1.44. The van der Waals surface area contributed by atoms with E-state index in [-0.39, 0.29) is 16.1 Å². The Balaban J connectivity index is 2.77. The Kier molecular flexibility index (Phi) is 2.67. The van der Waals surface area contributed by atoms with Crippen LogP contribution < -0.4 is 0 Å². The summed E-state index contributed by atoms with van der Waals surface area (Å²) in [6.45, 7) is 0. The number of alkyl halides is 2. The van der Waals surface area contributed by atoms with Crippen LogP contribution in [0.25, 0.3) is 10.9 Å². The number of hydrogen-bond acceptors (Lipinski definition) is 2. The van der Waals surface area contributed by atoms with E-state index in [2.05, 4.69) is 9.97 Å². The first kappa shape index (κ1) is 11.1. The van der Waals surface area contributed by atoms with E-state index < -0.39 is 23.9 Å². The molecular weight excluding hydrogens is 248 g/mol. The van der Waals surface area contributed by atoms with Gasteiger partial charge < -0.3 is 0 Å². The third-order valence-corrected chi connectivity index (χ3v) is 2.19. The molecule has 1 heterocycles. The van der Waals surface area contributed by atoms with Crippen molar-refractivity contribution in [3.8, 4) is 0 Å². The topological polar surface area (TPSA) is 25.8 Å². The summed E-state index contributed by atoms with van der Waals surface area (Å²) in [5, 5.41) is -0.343. The number of halogens is 5. The van der Waals surface area contributed by atoms with Crippen LogP contribution in [0.4, 0.5) is 17.6 Å². The molecule has 2 nitrogen and oxygen atoms in total. The highest BCUT2D eigenvalue weighted by molar-refractivity contribution is 6.34. The number of fused-ring (bicyclic) bond motifs is 1. The molecule has 0 amide bonds. The van der Waals surface area contributed by atoms with Crippen LogP contribution in [0, 0.1) is 11.6 Å². The van der Waals surface area contributed by atoms with Gasteiger partial charge in [0.15, 0.2) is 17.5 Å². The van der Waals surface area contributed by atoms with Gasteiger partial charge in [0.25, 0.3) is 6.43 Å². The van der Waals surface area contributed by atoms with Crippen LogP contribution in [0.2, 0.25) is 5.15 Å². The fraction of sp³-hybridized carbons (Fsp3) is 0.111. The third kappa shape index (κ3) is 1.80. The number of rotatable bonds is 1. The van der Waals surface area contributed by atoms with Crippen molar-refractivity contribution in [3.05, 3.63) is 34.7 Å². The van der Waals surface area contributed by atoms with Gasteiger partial charge in [-0.1, -0.05) is 11.6 Å². The van der Waals surface area contributed by atoms with Crippen molar-refractivity contribution in [3.63, 3.8) is 0 Å². The van der Waals surface area contributed by atoms with Crippen LogP contribution in [0.15, 0.2) is 12.1 Å². The predicted molar refractivity (Wildman–Crippen MR) is 49.4 cm³/mol. The summed E-state index contributed by atoms with van der Waals surface area (Å²) in [6, 6.07) is 1.46. The second kappa shape index (κ2) is 3.86. The lowest BCUT2D eigenvalue weighted by atomic mass is 10.2. The van der Waals surface area contributed by atoms with Gasteiger partial charge in [0.05, 0.1) is 5.52 Å². The van der Waals surface area contributed by atoms with Gasteiger partial charge in [-0.05, 0) is 6.07 Å². The van der Waals surface area contributed by atoms with Crippen molar-refractivity contribution < 1.29 is 17.6 Å². The van der Waals surface area contributed by atoms with E-state index in [1.807, 2.05) is 0 Å². The molecule has 0 bridgehead atoms. The molecule has 0 fully saturated rings. The Morgan fingerprint density at radius 3 is 2.31 bits per heavy atom. The molecule has 0 saturated carbocycles. The maximum atomic E-state index is 12.9. The van der Waals surface area contributed by atoms with Crippen molar-refractivity contribution in [2.75, 3.05) is 0 Å². The summed E-state index contributed by atoms with van der Waals surface area (Å²) >= 11 is 5.56. The van der Waals surface area contributed by atoms with Crippen molar-refractivity contribution in [1.82, 2.24) is 9.97 Å². The van der Waals surface area contributed by atoms with Gasteiger partial charge in [-0.15, -0.1) is 0 Å². The first-order chi connectivity index (χ1) is 7.49. The molecule has 0 saturated heterocycles. The number of nitrogens with zero attached hydrogens (tertiary/aromatic N) is 2. The molecule has 1 aromatic carbocycles. The number of aromatic nitrogens is 2. The molecule has 16 heavy (non-hydrogen) atoms. The zero-order valence-electron chi connectivity index (χ0n) is 7.52. The fourth-order valence-electron chi connectivity index (χ4n) is 1.20. The maximum Gasteiger partial charge on any atom is 0.297 e. The van der Waals surface area contributed by atoms with Crippen LogP contribution in [0.1, 0.15) is 12.2 Å². The zero-order valence-corrected chi connectivity index (χ0v) is 8.27. The Morgan fingerprint density at radius 1 is 1.06 bits per heavy atom. The van der Waals surface area contributed by atoms with Gasteiger partial charge in [0.2, 0.25) is 0 Å².